The normalized spacial score (nSPS) is 10.8. The van der Waals surface area contributed by atoms with Crippen molar-refractivity contribution >= 4 is 29.3 Å². The van der Waals surface area contributed by atoms with Gasteiger partial charge in [0.25, 0.3) is 5.91 Å². The van der Waals surface area contributed by atoms with Crippen LogP contribution in [0.25, 0.3) is 6.08 Å². The van der Waals surface area contributed by atoms with Crippen molar-refractivity contribution in [2.75, 3.05) is 27.9 Å². The van der Waals surface area contributed by atoms with Gasteiger partial charge in [0.05, 0.1) is 21.3 Å². The molecule has 0 radical (unpaired) electrons. The van der Waals surface area contributed by atoms with Crippen molar-refractivity contribution in [2.24, 2.45) is 0 Å². The van der Waals surface area contributed by atoms with E-state index in [1.54, 1.807) is 46.5 Å². The van der Waals surface area contributed by atoms with E-state index in [9.17, 15) is 4.79 Å². The van der Waals surface area contributed by atoms with Gasteiger partial charge in [-0.1, -0.05) is 30.3 Å². The van der Waals surface area contributed by atoms with Gasteiger partial charge < -0.3 is 19.5 Å². The number of carbonyl (C=O) groups is 1. The second-order valence-electron chi connectivity index (χ2n) is 6.70. The molecule has 0 atom stereocenters. The third kappa shape index (κ3) is 7.49. The molecule has 0 aliphatic rings. The summed E-state index contributed by atoms with van der Waals surface area (Å²) in [4.78, 5) is 12.4. The molecule has 31 heavy (non-hydrogen) atoms. The summed E-state index contributed by atoms with van der Waals surface area (Å²) in [7, 11) is 4.66. The largest absolute Gasteiger partial charge is 0.496 e. The van der Waals surface area contributed by atoms with Gasteiger partial charge in [0.15, 0.2) is 16.6 Å². The molecule has 166 valence electrons. The summed E-state index contributed by atoms with van der Waals surface area (Å²) in [6.45, 7) is 2.40. The van der Waals surface area contributed by atoms with E-state index in [0.29, 0.717) is 40.0 Å². The van der Waals surface area contributed by atoms with Gasteiger partial charge in [0, 0.05) is 23.7 Å². The molecule has 0 heterocycles. The molecule has 2 aromatic rings. The van der Waals surface area contributed by atoms with Gasteiger partial charge in [-0.15, -0.1) is 0 Å². The molecule has 0 spiro atoms. The van der Waals surface area contributed by atoms with E-state index in [0.717, 1.165) is 12.8 Å². The first-order chi connectivity index (χ1) is 15.0. The highest BCUT2D eigenvalue weighted by Gasteiger charge is 2.12. The molecular weight excluding hydrogens is 414 g/mol. The zero-order valence-corrected chi connectivity index (χ0v) is 19.1. The second-order valence-corrected chi connectivity index (χ2v) is 7.11. The number of carbonyl (C=O) groups excluding carboxylic acids is 1. The van der Waals surface area contributed by atoms with Gasteiger partial charge in [-0.3, -0.25) is 15.6 Å². The first-order valence-corrected chi connectivity index (χ1v) is 10.3. The zero-order chi connectivity index (χ0) is 22.6. The molecule has 0 aromatic heterocycles. The maximum absolute atomic E-state index is 12.4. The first-order valence-electron chi connectivity index (χ1n) is 9.85. The topological polar surface area (TPSA) is 80.9 Å². The van der Waals surface area contributed by atoms with Crippen LogP contribution in [0.4, 0.5) is 0 Å². The summed E-state index contributed by atoms with van der Waals surface area (Å²) in [5.74, 6) is 1.34. The SMILES string of the molecule is COc1cc(OC)c(OC)cc1C=C(C)C(=O)NNC(=S)NCCCc1ccccc1. The Morgan fingerprint density at radius 3 is 2.26 bits per heavy atom. The average Bonchev–Trinajstić information content (AvgIpc) is 2.80. The molecule has 0 saturated heterocycles. The summed E-state index contributed by atoms with van der Waals surface area (Å²) >= 11 is 5.21. The molecule has 7 nitrogen and oxygen atoms in total. The number of amides is 1. The molecule has 0 aliphatic heterocycles. The van der Waals surface area contributed by atoms with E-state index >= 15 is 0 Å². The molecule has 0 aliphatic carbocycles. The minimum absolute atomic E-state index is 0.315. The fraction of sp³-hybridized carbons (Fsp3) is 0.304. The van der Waals surface area contributed by atoms with Crippen LogP contribution in [0.2, 0.25) is 0 Å². The molecular formula is C23H29N3O4S. The van der Waals surface area contributed by atoms with Gasteiger partial charge in [-0.2, -0.15) is 0 Å². The lowest BCUT2D eigenvalue weighted by atomic mass is 10.1. The molecule has 2 aromatic carbocycles. The number of aryl methyl sites for hydroxylation is 1. The summed E-state index contributed by atoms with van der Waals surface area (Å²) in [5, 5.41) is 3.44. The Labute approximate surface area is 188 Å². The second kappa shape index (κ2) is 12.4. The monoisotopic (exact) mass is 443 g/mol. The quantitative estimate of drug-likeness (QED) is 0.238. The molecule has 0 unspecified atom stereocenters. The third-order valence-electron chi connectivity index (χ3n) is 4.53. The lowest BCUT2D eigenvalue weighted by Gasteiger charge is -2.14. The van der Waals surface area contributed by atoms with E-state index in [2.05, 4.69) is 28.3 Å². The molecule has 0 bridgehead atoms. The van der Waals surface area contributed by atoms with Crippen LogP contribution in [0.3, 0.4) is 0 Å². The number of thiocarbonyl (C=S) groups is 1. The Bertz CT molecular complexity index is 917. The van der Waals surface area contributed by atoms with E-state index < -0.39 is 0 Å². The lowest BCUT2D eigenvalue weighted by Crippen LogP contribution is -2.47. The van der Waals surface area contributed by atoms with Crippen LogP contribution >= 0.6 is 12.2 Å². The smallest absolute Gasteiger partial charge is 0.265 e. The number of ether oxygens (including phenoxy) is 3. The molecule has 1 amide bonds. The molecule has 2 rings (SSSR count). The van der Waals surface area contributed by atoms with Crippen LogP contribution in [0.5, 0.6) is 17.2 Å². The number of hydrazine groups is 1. The van der Waals surface area contributed by atoms with Gasteiger partial charge in [-0.05, 0) is 49.7 Å². The van der Waals surface area contributed by atoms with E-state index in [-0.39, 0.29) is 5.91 Å². The molecule has 0 saturated carbocycles. The number of hydrogen-bond acceptors (Lipinski definition) is 5. The van der Waals surface area contributed by atoms with Crippen LogP contribution in [0.15, 0.2) is 48.0 Å². The maximum atomic E-state index is 12.4. The van der Waals surface area contributed by atoms with Crippen LogP contribution in [-0.2, 0) is 11.2 Å². The number of benzene rings is 2. The molecule has 3 N–H and O–H groups in total. The Hall–Kier alpha value is -3.26. The average molecular weight is 444 g/mol. The minimum atomic E-state index is -0.315. The summed E-state index contributed by atoms with van der Waals surface area (Å²) < 4.78 is 16.0. The Kier molecular flexibility index (Phi) is 9.64. The number of methoxy groups -OCH3 is 3. The van der Waals surface area contributed by atoms with Crippen molar-refractivity contribution in [1.82, 2.24) is 16.2 Å². The van der Waals surface area contributed by atoms with Crippen molar-refractivity contribution in [1.29, 1.82) is 0 Å². The van der Waals surface area contributed by atoms with Gasteiger partial charge in [0.1, 0.15) is 5.75 Å². The maximum Gasteiger partial charge on any atom is 0.265 e. The Morgan fingerprint density at radius 2 is 1.61 bits per heavy atom. The highest BCUT2D eigenvalue weighted by atomic mass is 32.1. The van der Waals surface area contributed by atoms with Crippen LogP contribution in [-0.4, -0.2) is 38.9 Å². The van der Waals surface area contributed by atoms with Crippen LogP contribution in [0, 0.1) is 0 Å². The van der Waals surface area contributed by atoms with Crippen LogP contribution in [0.1, 0.15) is 24.5 Å². The predicted molar refractivity (Wildman–Crippen MR) is 126 cm³/mol. The highest BCUT2D eigenvalue weighted by Crippen LogP contribution is 2.35. The lowest BCUT2D eigenvalue weighted by molar-refractivity contribution is -0.117. The van der Waals surface area contributed by atoms with E-state index in [1.807, 2.05) is 18.2 Å². The third-order valence-corrected chi connectivity index (χ3v) is 4.77. The van der Waals surface area contributed by atoms with Crippen molar-refractivity contribution < 1.29 is 19.0 Å². The number of nitrogens with one attached hydrogen (secondary N) is 3. The standard InChI is InChI=1S/C23H29N3O4S/c1-16(13-18-14-20(29-3)21(30-4)15-19(18)28-2)22(27)25-26-23(31)24-12-8-11-17-9-6-5-7-10-17/h5-7,9-10,13-15H,8,11-12H2,1-4H3,(H,25,27)(H2,24,26,31). The summed E-state index contributed by atoms with van der Waals surface area (Å²) in [6.07, 6.45) is 3.59. The van der Waals surface area contributed by atoms with Gasteiger partial charge in [-0.25, -0.2) is 0 Å². The van der Waals surface area contributed by atoms with Crippen LogP contribution < -0.4 is 30.4 Å². The van der Waals surface area contributed by atoms with Gasteiger partial charge in [0.2, 0.25) is 0 Å². The minimum Gasteiger partial charge on any atom is -0.496 e. The van der Waals surface area contributed by atoms with E-state index in [4.69, 9.17) is 26.4 Å². The molecule has 0 fully saturated rings. The van der Waals surface area contributed by atoms with Gasteiger partial charge >= 0.3 is 0 Å². The Balaban J connectivity index is 1.86. The fourth-order valence-electron chi connectivity index (χ4n) is 2.86. The predicted octanol–water partition coefficient (Wildman–Crippen LogP) is 3.24. The molecule has 8 heteroatoms. The van der Waals surface area contributed by atoms with Crippen molar-refractivity contribution in [3.63, 3.8) is 0 Å². The summed E-state index contributed by atoms with van der Waals surface area (Å²) in [5.41, 5.74) is 7.75. The van der Waals surface area contributed by atoms with Crippen molar-refractivity contribution in [3.05, 3.63) is 59.2 Å². The zero-order valence-electron chi connectivity index (χ0n) is 18.3. The summed E-state index contributed by atoms with van der Waals surface area (Å²) in [6, 6.07) is 13.7. The Morgan fingerprint density at radius 1 is 0.968 bits per heavy atom. The highest BCUT2D eigenvalue weighted by molar-refractivity contribution is 7.80. The fourth-order valence-corrected chi connectivity index (χ4v) is 3.01. The van der Waals surface area contributed by atoms with Crippen molar-refractivity contribution in [3.8, 4) is 17.2 Å². The first kappa shape index (κ1) is 24.0. The van der Waals surface area contributed by atoms with Crippen molar-refractivity contribution in [2.45, 2.75) is 19.8 Å². The van der Waals surface area contributed by atoms with E-state index in [1.165, 1.54) is 5.56 Å². The number of hydrogen-bond donors (Lipinski definition) is 3. The number of rotatable bonds is 9.